The van der Waals surface area contributed by atoms with Gasteiger partial charge in [0.25, 0.3) is 5.91 Å². The number of amides is 3. The van der Waals surface area contributed by atoms with Crippen LogP contribution in [0, 0.1) is 5.82 Å². The van der Waals surface area contributed by atoms with Gasteiger partial charge in [0.15, 0.2) is 0 Å². The van der Waals surface area contributed by atoms with E-state index in [1.54, 1.807) is 30.5 Å². The maximum Gasteiger partial charge on any atom is 0.414 e. The average Bonchev–Trinajstić information content (AvgIpc) is 3.29. The molecule has 0 bridgehead atoms. The Kier molecular flexibility index (Phi) is 5.91. The normalized spacial score (nSPS) is 15.5. The van der Waals surface area contributed by atoms with E-state index in [4.69, 9.17) is 10.5 Å². The number of rotatable bonds is 5. The number of ether oxygens (including phenoxy) is 1. The minimum Gasteiger partial charge on any atom is -0.442 e. The summed E-state index contributed by atoms with van der Waals surface area (Å²) in [5.74, 6) is -1.37. The molecule has 4 rings (SSSR count). The number of nitrogens with two attached hydrogens (primary N) is 1. The van der Waals surface area contributed by atoms with E-state index < -0.39 is 23.9 Å². The molecule has 0 saturated carbocycles. The van der Waals surface area contributed by atoms with Crippen molar-refractivity contribution >= 4 is 29.2 Å². The van der Waals surface area contributed by atoms with E-state index in [0.717, 1.165) is 0 Å². The number of imidazole rings is 1. The number of primary amides is 1. The Hall–Kier alpha value is -3.95. The van der Waals surface area contributed by atoms with E-state index in [0.29, 0.717) is 22.5 Å². The highest BCUT2D eigenvalue weighted by Crippen LogP contribution is 2.29. The number of fused-ring (bicyclic) bond motifs is 1. The summed E-state index contributed by atoms with van der Waals surface area (Å²) in [5, 5.41) is 2.59. The van der Waals surface area contributed by atoms with Gasteiger partial charge in [0.05, 0.1) is 25.0 Å². The molecule has 1 aromatic carbocycles. The number of anilines is 1. The summed E-state index contributed by atoms with van der Waals surface area (Å²) >= 11 is 0. The van der Waals surface area contributed by atoms with Crippen LogP contribution in [0.3, 0.4) is 0 Å². The Balaban J connectivity index is 0.00000272. The third kappa shape index (κ3) is 4.18. The second-order valence-electron chi connectivity index (χ2n) is 6.87. The van der Waals surface area contributed by atoms with E-state index in [-0.39, 0.29) is 32.1 Å². The number of halogens is 1. The molecule has 9 nitrogen and oxygen atoms in total. The molecule has 10 heteroatoms. The zero-order valence-corrected chi connectivity index (χ0v) is 16.0. The Morgan fingerprint density at radius 2 is 2.10 bits per heavy atom. The summed E-state index contributed by atoms with van der Waals surface area (Å²) in [6, 6.07) is 7.71. The van der Waals surface area contributed by atoms with Crippen LogP contribution in [0.15, 0.2) is 42.7 Å². The number of hydrogen-bond donors (Lipinski definition) is 2. The first kappa shape index (κ1) is 21.8. The molecule has 0 radical (unpaired) electrons. The lowest BCUT2D eigenvalue weighted by Crippen LogP contribution is -2.33. The number of nitrogens with one attached hydrogen (secondary N) is 1. The fourth-order valence-electron chi connectivity index (χ4n) is 3.33. The quantitative estimate of drug-likeness (QED) is 0.648. The molecule has 1 aliphatic heterocycles. The van der Waals surface area contributed by atoms with Crippen molar-refractivity contribution in [1.82, 2.24) is 14.7 Å². The van der Waals surface area contributed by atoms with Crippen molar-refractivity contribution in [3.05, 3.63) is 54.2 Å². The minimum atomic E-state index is -0.611. The van der Waals surface area contributed by atoms with Crippen LogP contribution in [0.4, 0.5) is 14.9 Å². The highest BCUT2D eigenvalue weighted by molar-refractivity contribution is 5.92. The second-order valence-corrected chi connectivity index (χ2v) is 6.87. The first-order valence-corrected chi connectivity index (χ1v) is 9.13. The summed E-state index contributed by atoms with van der Waals surface area (Å²) in [7, 11) is 0. The van der Waals surface area contributed by atoms with E-state index in [9.17, 15) is 18.8 Å². The van der Waals surface area contributed by atoms with Crippen molar-refractivity contribution in [2.75, 3.05) is 18.0 Å². The first-order valence-electron chi connectivity index (χ1n) is 9.13. The number of nitrogens with zero attached hydrogens (tertiary/aromatic N) is 3. The van der Waals surface area contributed by atoms with Crippen LogP contribution < -0.4 is 16.0 Å². The summed E-state index contributed by atoms with van der Waals surface area (Å²) in [6.07, 6.45) is 1.84. The summed E-state index contributed by atoms with van der Waals surface area (Å²) in [5.41, 5.74) is 7.21. The second kappa shape index (κ2) is 8.42. The third-order valence-corrected chi connectivity index (χ3v) is 4.79. The number of benzene rings is 1. The predicted molar refractivity (Wildman–Crippen MR) is 112 cm³/mol. The fraction of sp³-hybridized carbons (Fsp3) is 0.238. The van der Waals surface area contributed by atoms with Crippen LogP contribution >= 0.6 is 0 Å². The van der Waals surface area contributed by atoms with Gasteiger partial charge in [0.2, 0.25) is 5.91 Å². The molecule has 3 heterocycles. The molecule has 3 N–H and O–H groups in total. The summed E-state index contributed by atoms with van der Waals surface area (Å²) in [4.78, 5) is 40.0. The van der Waals surface area contributed by atoms with Gasteiger partial charge in [-0.15, -0.1) is 0 Å². The average molecular weight is 427 g/mol. The van der Waals surface area contributed by atoms with Gasteiger partial charge in [-0.2, -0.15) is 0 Å². The van der Waals surface area contributed by atoms with Gasteiger partial charge < -0.3 is 15.8 Å². The van der Waals surface area contributed by atoms with Crippen molar-refractivity contribution in [2.24, 2.45) is 5.73 Å². The lowest BCUT2D eigenvalue weighted by Gasteiger charge is -2.14. The smallest absolute Gasteiger partial charge is 0.414 e. The molecule has 0 aliphatic carbocycles. The zero-order valence-electron chi connectivity index (χ0n) is 16.0. The number of carbonyl (C=O) groups excluding carboxylic acids is 3. The highest BCUT2D eigenvalue weighted by Gasteiger charge is 2.32. The molecular weight excluding hydrogens is 405 g/mol. The van der Waals surface area contributed by atoms with Gasteiger partial charge in [-0.05, 0) is 35.9 Å². The predicted octanol–water partition coefficient (Wildman–Crippen LogP) is 2.34. The number of hydrogen-bond acceptors (Lipinski definition) is 5. The van der Waals surface area contributed by atoms with Gasteiger partial charge in [0, 0.05) is 18.7 Å². The molecule has 2 aromatic heterocycles. The number of pyridine rings is 1. The summed E-state index contributed by atoms with van der Waals surface area (Å²) < 4.78 is 21.6. The van der Waals surface area contributed by atoms with Crippen LogP contribution in [-0.2, 0) is 9.53 Å². The fourth-order valence-corrected chi connectivity index (χ4v) is 3.33. The topological polar surface area (TPSA) is 119 Å². The van der Waals surface area contributed by atoms with Crippen molar-refractivity contribution in [1.29, 1.82) is 0 Å². The SMILES string of the molecule is C.CC(=O)NC[C@H]1CN(c2ccc(-c3ccn4c(C(N)=O)cnc4c3)c(F)c2)C(=O)O1. The van der Waals surface area contributed by atoms with Crippen molar-refractivity contribution in [3.8, 4) is 11.1 Å². The number of carbonyl (C=O) groups is 3. The van der Waals surface area contributed by atoms with Gasteiger partial charge in [0.1, 0.15) is 23.3 Å². The van der Waals surface area contributed by atoms with Crippen molar-refractivity contribution in [2.45, 2.75) is 20.5 Å². The Bertz CT molecular complexity index is 1180. The molecule has 1 fully saturated rings. The lowest BCUT2D eigenvalue weighted by molar-refractivity contribution is -0.119. The van der Waals surface area contributed by atoms with E-state index in [2.05, 4.69) is 10.3 Å². The van der Waals surface area contributed by atoms with Gasteiger partial charge >= 0.3 is 6.09 Å². The molecule has 162 valence electrons. The minimum absolute atomic E-state index is 0. The lowest BCUT2D eigenvalue weighted by atomic mass is 10.1. The Labute approximate surface area is 177 Å². The van der Waals surface area contributed by atoms with Crippen LogP contribution in [0.2, 0.25) is 0 Å². The van der Waals surface area contributed by atoms with Crippen molar-refractivity contribution < 1.29 is 23.5 Å². The Morgan fingerprint density at radius 1 is 1.32 bits per heavy atom. The Morgan fingerprint density at radius 3 is 2.77 bits per heavy atom. The molecule has 0 unspecified atom stereocenters. The molecule has 31 heavy (non-hydrogen) atoms. The van der Waals surface area contributed by atoms with Crippen molar-refractivity contribution in [3.63, 3.8) is 0 Å². The van der Waals surface area contributed by atoms with E-state index >= 15 is 0 Å². The molecule has 3 aromatic rings. The molecule has 3 amide bonds. The van der Waals surface area contributed by atoms with Gasteiger partial charge in [-0.3, -0.25) is 18.9 Å². The molecule has 1 atom stereocenters. The maximum atomic E-state index is 14.9. The van der Waals surface area contributed by atoms with Gasteiger partial charge in [-0.1, -0.05) is 7.43 Å². The first-order chi connectivity index (χ1) is 14.3. The maximum absolute atomic E-state index is 14.9. The van der Waals surface area contributed by atoms with Gasteiger partial charge in [-0.25, -0.2) is 14.2 Å². The van der Waals surface area contributed by atoms with Crippen LogP contribution in [0.5, 0.6) is 0 Å². The molecular formula is C21H22FN5O4. The third-order valence-electron chi connectivity index (χ3n) is 4.79. The molecule has 1 aliphatic rings. The van der Waals surface area contributed by atoms with E-state index in [1.165, 1.54) is 28.5 Å². The monoisotopic (exact) mass is 427 g/mol. The van der Waals surface area contributed by atoms with Crippen LogP contribution in [-0.4, -0.2) is 46.5 Å². The largest absolute Gasteiger partial charge is 0.442 e. The standard InChI is InChI=1S/C20H18FN5O4.CH4/c1-11(27)23-8-14-10-26(20(29)30-14)13-2-3-15(16(21)7-13)12-4-5-25-17(19(22)28)9-24-18(25)6-12;/h2-7,9,14H,8,10H2,1H3,(H2,22,28)(H,23,27);1H4/t14-;/m0./s1. The number of cyclic esters (lactones) is 1. The molecule has 0 spiro atoms. The highest BCUT2D eigenvalue weighted by atomic mass is 19.1. The molecule has 1 saturated heterocycles. The summed E-state index contributed by atoms with van der Waals surface area (Å²) in [6.45, 7) is 1.77. The number of aromatic nitrogens is 2. The van der Waals surface area contributed by atoms with E-state index in [1.807, 2.05) is 0 Å². The zero-order chi connectivity index (χ0) is 21.4. The van der Waals surface area contributed by atoms with Crippen LogP contribution in [0.25, 0.3) is 16.8 Å². The van der Waals surface area contributed by atoms with Crippen LogP contribution in [0.1, 0.15) is 24.8 Å².